The van der Waals surface area contributed by atoms with E-state index in [1.54, 1.807) is 13.0 Å². The van der Waals surface area contributed by atoms with Gasteiger partial charge in [0, 0.05) is 23.2 Å². The van der Waals surface area contributed by atoms with Crippen LogP contribution in [-0.4, -0.2) is 94.0 Å². The summed E-state index contributed by atoms with van der Waals surface area (Å²) in [5.74, 6) is -3.80. The molecule has 294 valence electrons. The van der Waals surface area contributed by atoms with Gasteiger partial charge in [-0.15, -0.1) is 20.2 Å². The first-order valence-electron chi connectivity index (χ1n) is 18.1. The number of rotatable bonds is 20. The molecule has 0 radical (unpaired) electrons. The van der Waals surface area contributed by atoms with E-state index in [-0.39, 0.29) is 75.5 Å². The Morgan fingerprint density at radius 1 is 0.981 bits per heavy atom. The van der Waals surface area contributed by atoms with Gasteiger partial charge in [0.05, 0.1) is 32.3 Å². The lowest BCUT2D eigenvalue weighted by Crippen LogP contribution is -2.61. The summed E-state index contributed by atoms with van der Waals surface area (Å²) >= 11 is 0. The number of carbonyl (C=O) groups excluding carboxylic acids is 5. The van der Waals surface area contributed by atoms with Crippen LogP contribution in [0.3, 0.4) is 0 Å². The highest BCUT2D eigenvalue weighted by atomic mass is 17.0. The number of amides is 1. The van der Waals surface area contributed by atoms with Gasteiger partial charge in [-0.2, -0.15) is 0 Å². The normalized spacial score (nSPS) is 30.4. The van der Waals surface area contributed by atoms with E-state index in [0.29, 0.717) is 38.5 Å². The predicted molar refractivity (Wildman–Crippen MR) is 180 cm³/mol. The summed E-state index contributed by atoms with van der Waals surface area (Å²) in [5.41, 5.74) is -2.48. The molecule has 0 heterocycles. The molecule has 18 nitrogen and oxygen atoms in total. The topological polar surface area (TPSA) is 261 Å². The number of unbranched alkanes of at least 4 members (excludes halogenated alkanes) is 3. The number of esters is 2. The smallest absolute Gasteiger partial charge is 0.329 e. The fourth-order valence-electron chi connectivity index (χ4n) is 9.06. The number of carbonyl (C=O) groups is 5. The van der Waals surface area contributed by atoms with Gasteiger partial charge in [-0.1, -0.05) is 31.9 Å². The van der Waals surface area contributed by atoms with Crippen LogP contribution in [0, 0.1) is 48.8 Å². The first-order chi connectivity index (χ1) is 25.0. The van der Waals surface area contributed by atoms with Gasteiger partial charge in [0.2, 0.25) is 11.7 Å². The zero-order valence-electron chi connectivity index (χ0n) is 30.0. The van der Waals surface area contributed by atoms with Crippen molar-refractivity contribution in [1.29, 1.82) is 0 Å². The molecule has 18 heteroatoms. The van der Waals surface area contributed by atoms with Crippen LogP contribution in [0.2, 0.25) is 0 Å². The number of aliphatic hydroxyl groups excluding tert-OH is 1. The lowest BCUT2D eigenvalue weighted by Gasteiger charge is -2.59. The van der Waals surface area contributed by atoms with Crippen molar-refractivity contribution >= 4 is 29.4 Å². The Kier molecular flexibility index (Phi) is 13.7. The fraction of sp³-hybridized carbons (Fsp3) is 0.743. The molecule has 1 unspecified atom stereocenters. The van der Waals surface area contributed by atoms with Gasteiger partial charge in [0.1, 0.15) is 11.6 Å². The van der Waals surface area contributed by atoms with E-state index in [4.69, 9.17) is 9.47 Å². The van der Waals surface area contributed by atoms with Crippen LogP contribution >= 0.6 is 0 Å². The maximum atomic E-state index is 13.7. The van der Waals surface area contributed by atoms with Crippen LogP contribution in [0.5, 0.6) is 0 Å². The quantitative estimate of drug-likeness (QED) is 0.0697. The second-order valence-corrected chi connectivity index (χ2v) is 14.8. The minimum atomic E-state index is -1.91. The van der Waals surface area contributed by atoms with Crippen molar-refractivity contribution in [3.05, 3.63) is 44.0 Å². The van der Waals surface area contributed by atoms with Crippen molar-refractivity contribution in [3.8, 4) is 0 Å². The lowest BCUT2D eigenvalue weighted by atomic mass is 9.46. The molecule has 1 amide bonds. The molecule has 4 aliphatic rings. The van der Waals surface area contributed by atoms with Crippen LogP contribution in [0.25, 0.3) is 0 Å². The third-order valence-electron chi connectivity index (χ3n) is 11.7. The summed E-state index contributed by atoms with van der Waals surface area (Å²) in [4.78, 5) is 93.3. The summed E-state index contributed by atoms with van der Waals surface area (Å²) in [6, 6.07) is -1.50. The molecule has 53 heavy (non-hydrogen) atoms. The molecule has 3 fully saturated rings. The summed E-state index contributed by atoms with van der Waals surface area (Å²) < 4.78 is 10.4. The minimum absolute atomic E-state index is 0.0292. The molecule has 4 aliphatic carbocycles. The number of aliphatic hydroxyl groups is 2. The maximum absolute atomic E-state index is 13.7. The average Bonchev–Trinajstić information content (AvgIpc) is 3.36. The van der Waals surface area contributed by atoms with Crippen molar-refractivity contribution in [1.82, 2.24) is 5.32 Å². The number of nitrogens with one attached hydrogen (secondary N) is 1. The van der Waals surface area contributed by atoms with Crippen LogP contribution in [-0.2, 0) is 43.1 Å². The van der Waals surface area contributed by atoms with Crippen LogP contribution in [0.15, 0.2) is 23.8 Å². The Morgan fingerprint density at radius 3 is 2.32 bits per heavy atom. The number of nitrogens with zero attached hydrogens (tertiary/aromatic N) is 2. The van der Waals surface area contributed by atoms with E-state index in [9.17, 15) is 54.4 Å². The molecule has 0 aromatic heterocycles. The van der Waals surface area contributed by atoms with Gasteiger partial charge >= 0.3 is 11.9 Å². The second-order valence-electron chi connectivity index (χ2n) is 14.8. The maximum Gasteiger partial charge on any atom is 0.329 e. The number of hydrogen-bond donors (Lipinski definition) is 3. The van der Waals surface area contributed by atoms with Crippen molar-refractivity contribution in [2.45, 2.75) is 109 Å². The first-order valence-corrected chi connectivity index (χ1v) is 18.1. The number of Topliss-reactive ketones (excluding diaryl/α,β-unsaturated/α-hetero) is 1. The van der Waals surface area contributed by atoms with Gasteiger partial charge < -0.3 is 34.7 Å². The zero-order valence-corrected chi connectivity index (χ0v) is 30.0. The molecule has 8 atom stereocenters. The monoisotopic (exact) mass is 751 g/mol. The highest BCUT2D eigenvalue weighted by Crippen LogP contribution is 2.67. The Hall–Kier alpha value is -4.45. The minimum Gasteiger partial charge on any atom is -0.464 e. The third kappa shape index (κ3) is 9.57. The van der Waals surface area contributed by atoms with Crippen molar-refractivity contribution < 1.29 is 63.5 Å². The van der Waals surface area contributed by atoms with Gasteiger partial charge in [-0.3, -0.25) is 19.2 Å². The molecule has 0 aromatic rings. The summed E-state index contributed by atoms with van der Waals surface area (Å²) in [5, 5.41) is 44.7. The summed E-state index contributed by atoms with van der Waals surface area (Å²) in [7, 11) is 0. The molecule has 3 N–H and O–H groups in total. The Morgan fingerprint density at radius 2 is 1.64 bits per heavy atom. The number of allylic oxidation sites excluding steroid dienone is 4. The molecule has 0 aliphatic heterocycles. The molecule has 4 rings (SSSR count). The molecular weight excluding hydrogens is 702 g/mol. The molecule has 0 spiro atoms. The standard InChI is InChI=1S/C35H49N3O15/c1-33-13-11-23(39)18-22(33)9-10-24-25-12-14-35(45,34(25,2)20-27(40)31(24)33)28(41)21-51-30(43)19-26(32(44)50-15-6-7-17-53-38(48)49)36-29(42)8-4-3-5-16-52-37(46)47/h11,13,18,24-27,31,40,45H,3-10,12,14-17,19-21H2,1-2H3,(H,36,42)/t24-,25-,26?,27-,31+,33-,34-,35-/m0/s1. The average molecular weight is 752 g/mol. The van der Waals surface area contributed by atoms with Gasteiger partial charge in [-0.25, -0.2) is 4.79 Å². The molecule has 0 aromatic carbocycles. The van der Waals surface area contributed by atoms with E-state index in [1.807, 2.05) is 13.0 Å². The van der Waals surface area contributed by atoms with Gasteiger partial charge in [0.15, 0.2) is 12.4 Å². The van der Waals surface area contributed by atoms with E-state index in [1.165, 1.54) is 6.08 Å². The highest BCUT2D eigenvalue weighted by Gasteiger charge is 2.68. The predicted octanol–water partition coefficient (Wildman–Crippen LogP) is 2.28. The van der Waals surface area contributed by atoms with Crippen LogP contribution < -0.4 is 5.32 Å². The second kappa shape index (κ2) is 17.6. The summed E-state index contributed by atoms with van der Waals surface area (Å²) in [6.07, 6.45) is 6.86. The Balaban J connectivity index is 1.35. The van der Waals surface area contributed by atoms with Crippen molar-refractivity contribution in [2.75, 3.05) is 26.4 Å². The summed E-state index contributed by atoms with van der Waals surface area (Å²) in [6.45, 7) is 2.45. The largest absolute Gasteiger partial charge is 0.464 e. The van der Waals surface area contributed by atoms with Gasteiger partial charge in [-0.05, 0) is 81.8 Å². The Labute approximate surface area is 305 Å². The van der Waals surface area contributed by atoms with Gasteiger partial charge in [0.25, 0.3) is 10.2 Å². The zero-order chi connectivity index (χ0) is 39.0. The van der Waals surface area contributed by atoms with E-state index in [2.05, 4.69) is 15.0 Å². The van der Waals surface area contributed by atoms with E-state index in [0.717, 1.165) is 5.57 Å². The number of hydrogen-bond acceptors (Lipinski definition) is 15. The fourth-order valence-corrected chi connectivity index (χ4v) is 9.06. The van der Waals surface area contributed by atoms with E-state index < -0.39 is 75.4 Å². The molecule has 3 saturated carbocycles. The number of fused-ring (bicyclic) bond motifs is 5. The van der Waals surface area contributed by atoms with Crippen LogP contribution in [0.4, 0.5) is 0 Å². The lowest BCUT2D eigenvalue weighted by molar-refractivity contribution is -0.757. The molecule has 0 saturated heterocycles. The SMILES string of the molecule is C[C@]12C=CC(=O)C=C1CC[C@@H]1[C@@H]2[C@@H](O)C[C@@]2(C)[C@H]1CC[C@]2(O)C(=O)COC(=O)CC(NC(=O)CCCCCO[N+](=O)[O-])C(=O)OCCCCO[N+](=O)[O-]. The molecule has 0 bridgehead atoms. The van der Waals surface area contributed by atoms with Crippen molar-refractivity contribution in [3.63, 3.8) is 0 Å². The van der Waals surface area contributed by atoms with E-state index >= 15 is 0 Å². The highest BCUT2D eigenvalue weighted by molar-refractivity contribution is 6.01. The third-order valence-corrected chi connectivity index (χ3v) is 11.7. The molecular formula is C35H49N3O15. The first kappa shape index (κ1) is 41.3. The van der Waals surface area contributed by atoms with Crippen LogP contribution in [0.1, 0.15) is 90.9 Å². The number of ether oxygens (including phenoxy) is 2. The number of ketones is 2. The Bertz CT molecular complexity index is 1500. The van der Waals surface area contributed by atoms with Crippen molar-refractivity contribution in [2.24, 2.45) is 28.6 Å².